The first-order valence-electron chi connectivity index (χ1n) is 10.6. The van der Waals surface area contributed by atoms with Gasteiger partial charge in [-0.05, 0) is 49.8 Å². The van der Waals surface area contributed by atoms with Crippen molar-refractivity contribution in [2.24, 2.45) is 5.92 Å². The van der Waals surface area contributed by atoms with E-state index in [9.17, 15) is 4.79 Å². The third kappa shape index (κ3) is 3.75. The lowest BCUT2D eigenvalue weighted by molar-refractivity contribution is -0.115. The summed E-state index contributed by atoms with van der Waals surface area (Å²) in [5.41, 5.74) is 3.31. The van der Waals surface area contributed by atoms with Gasteiger partial charge in [0.25, 0.3) is 0 Å². The molecular formula is C23H23N7O. The number of nitrogens with one attached hydrogen (secondary N) is 2. The molecule has 1 aliphatic carbocycles. The normalized spacial score (nSPS) is 18.8. The summed E-state index contributed by atoms with van der Waals surface area (Å²) in [6.45, 7) is 0. The Hall–Kier alpha value is -3.73. The number of amides is 1. The number of H-pyrrole nitrogens is 1. The van der Waals surface area contributed by atoms with E-state index in [1.54, 1.807) is 24.7 Å². The highest BCUT2D eigenvalue weighted by molar-refractivity contribution is 6.02. The van der Waals surface area contributed by atoms with Crippen LogP contribution < -0.4 is 5.32 Å². The summed E-state index contributed by atoms with van der Waals surface area (Å²) < 4.78 is 2.25. The van der Waals surface area contributed by atoms with E-state index < -0.39 is 0 Å². The van der Waals surface area contributed by atoms with E-state index >= 15 is 0 Å². The Balaban J connectivity index is 1.51. The van der Waals surface area contributed by atoms with Gasteiger partial charge in [0.05, 0.1) is 36.1 Å². The molecule has 4 aromatic heterocycles. The molecule has 0 aromatic carbocycles. The van der Waals surface area contributed by atoms with E-state index in [0.717, 1.165) is 53.6 Å². The summed E-state index contributed by atoms with van der Waals surface area (Å²) in [7, 11) is 0. The number of nitriles is 1. The van der Waals surface area contributed by atoms with Gasteiger partial charge in [-0.25, -0.2) is 9.97 Å². The SMILES string of the molecule is N#CC[C@H]1CC[C@H](n2c(CC(=O)Nc3cccnc3)nc3cnc4[nH]ccc4c32)CC1. The zero-order valence-electron chi connectivity index (χ0n) is 17.1. The van der Waals surface area contributed by atoms with Gasteiger partial charge in [-0.3, -0.25) is 9.78 Å². The van der Waals surface area contributed by atoms with Crippen molar-refractivity contribution in [1.29, 1.82) is 5.26 Å². The number of carbonyl (C=O) groups excluding carboxylic acids is 1. The average molecular weight is 413 g/mol. The standard InChI is InChI=1S/C23H23N7O/c24-9-7-15-3-5-17(6-4-15)30-20(12-21(31)28-16-2-1-10-25-13-16)29-19-14-27-23-18(22(19)30)8-11-26-23/h1-2,8,10-11,13-15,17H,3-7,12H2,(H,26,27)(H,28,31)/t15-,17-. The van der Waals surface area contributed by atoms with E-state index in [2.05, 4.69) is 30.9 Å². The van der Waals surface area contributed by atoms with Crippen LogP contribution in [0.2, 0.25) is 0 Å². The Morgan fingerprint density at radius 3 is 2.90 bits per heavy atom. The van der Waals surface area contributed by atoms with Crippen LogP contribution in [0, 0.1) is 17.2 Å². The number of nitrogens with zero attached hydrogens (tertiary/aromatic N) is 5. The summed E-state index contributed by atoms with van der Waals surface area (Å²) in [6.07, 6.45) is 11.7. The topological polar surface area (TPSA) is 112 Å². The number of carbonyl (C=O) groups is 1. The molecule has 4 heterocycles. The first-order valence-corrected chi connectivity index (χ1v) is 10.6. The molecule has 5 rings (SSSR count). The van der Waals surface area contributed by atoms with Gasteiger partial charge in [0.2, 0.25) is 5.91 Å². The first kappa shape index (κ1) is 19.2. The molecule has 156 valence electrons. The number of aromatic amines is 1. The predicted octanol–water partition coefficient (Wildman–Crippen LogP) is 4.13. The van der Waals surface area contributed by atoms with Crippen molar-refractivity contribution in [1.82, 2.24) is 24.5 Å². The minimum atomic E-state index is -0.124. The van der Waals surface area contributed by atoms with E-state index in [4.69, 9.17) is 10.2 Å². The predicted molar refractivity (Wildman–Crippen MR) is 117 cm³/mol. The van der Waals surface area contributed by atoms with E-state index in [1.807, 2.05) is 18.3 Å². The highest BCUT2D eigenvalue weighted by Crippen LogP contribution is 2.38. The van der Waals surface area contributed by atoms with Crippen LogP contribution in [0.1, 0.15) is 44.0 Å². The summed E-state index contributed by atoms with van der Waals surface area (Å²) in [4.78, 5) is 29.3. The number of hydrogen-bond donors (Lipinski definition) is 2. The molecule has 31 heavy (non-hydrogen) atoms. The van der Waals surface area contributed by atoms with Crippen molar-refractivity contribution in [2.45, 2.75) is 44.6 Å². The molecule has 0 saturated heterocycles. The van der Waals surface area contributed by atoms with Crippen molar-refractivity contribution >= 4 is 33.7 Å². The molecule has 0 atom stereocenters. The van der Waals surface area contributed by atoms with Crippen molar-refractivity contribution in [3.63, 3.8) is 0 Å². The highest BCUT2D eigenvalue weighted by Gasteiger charge is 2.27. The Morgan fingerprint density at radius 2 is 2.13 bits per heavy atom. The quantitative estimate of drug-likeness (QED) is 0.511. The van der Waals surface area contributed by atoms with Crippen LogP contribution in [-0.4, -0.2) is 30.4 Å². The summed E-state index contributed by atoms with van der Waals surface area (Å²) in [6, 6.07) is 8.19. The van der Waals surface area contributed by atoms with Crippen molar-refractivity contribution in [3.8, 4) is 6.07 Å². The fourth-order valence-electron chi connectivity index (χ4n) is 4.68. The summed E-state index contributed by atoms with van der Waals surface area (Å²) in [5, 5.41) is 13.0. The molecule has 1 fully saturated rings. The second-order valence-electron chi connectivity index (χ2n) is 8.13. The van der Waals surface area contributed by atoms with Crippen LogP contribution in [0.25, 0.3) is 22.1 Å². The van der Waals surface area contributed by atoms with Crippen LogP contribution in [0.4, 0.5) is 5.69 Å². The second-order valence-corrected chi connectivity index (χ2v) is 8.13. The maximum Gasteiger partial charge on any atom is 0.232 e. The minimum Gasteiger partial charge on any atom is -0.346 e. The number of pyridine rings is 2. The lowest BCUT2D eigenvalue weighted by Crippen LogP contribution is -2.23. The number of rotatable bonds is 5. The molecule has 1 aliphatic rings. The molecule has 0 radical (unpaired) electrons. The van der Waals surface area contributed by atoms with Crippen LogP contribution in [0.15, 0.2) is 43.0 Å². The van der Waals surface area contributed by atoms with E-state index in [-0.39, 0.29) is 18.4 Å². The van der Waals surface area contributed by atoms with Crippen LogP contribution in [-0.2, 0) is 11.2 Å². The van der Waals surface area contributed by atoms with Crippen molar-refractivity contribution in [3.05, 3.63) is 48.8 Å². The average Bonchev–Trinajstić information content (AvgIpc) is 3.39. The van der Waals surface area contributed by atoms with Gasteiger partial charge in [-0.15, -0.1) is 0 Å². The molecular weight excluding hydrogens is 390 g/mol. The number of aromatic nitrogens is 5. The molecule has 1 amide bonds. The molecule has 8 nitrogen and oxygen atoms in total. The monoisotopic (exact) mass is 413 g/mol. The number of hydrogen-bond acceptors (Lipinski definition) is 5. The highest BCUT2D eigenvalue weighted by atomic mass is 16.1. The zero-order valence-corrected chi connectivity index (χ0v) is 17.1. The van der Waals surface area contributed by atoms with Crippen LogP contribution >= 0.6 is 0 Å². The van der Waals surface area contributed by atoms with Gasteiger partial charge < -0.3 is 14.9 Å². The smallest absolute Gasteiger partial charge is 0.232 e. The van der Waals surface area contributed by atoms with E-state index in [0.29, 0.717) is 18.0 Å². The molecule has 1 saturated carbocycles. The third-order valence-electron chi connectivity index (χ3n) is 6.13. The molecule has 8 heteroatoms. The maximum atomic E-state index is 12.8. The Labute approximate surface area is 179 Å². The van der Waals surface area contributed by atoms with Gasteiger partial charge in [0, 0.05) is 30.2 Å². The largest absolute Gasteiger partial charge is 0.346 e. The summed E-state index contributed by atoms with van der Waals surface area (Å²) in [5.74, 6) is 1.08. The Morgan fingerprint density at radius 1 is 1.26 bits per heavy atom. The maximum absolute atomic E-state index is 12.8. The van der Waals surface area contributed by atoms with Crippen LogP contribution in [0.5, 0.6) is 0 Å². The molecule has 4 aromatic rings. The van der Waals surface area contributed by atoms with Crippen molar-refractivity contribution in [2.75, 3.05) is 5.32 Å². The number of imidazole rings is 1. The number of fused-ring (bicyclic) bond motifs is 3. The van der Waals surface area contributed by atoms with E-state index in [1.165, 1.54) is 0 Å². The summed E-state index contributed by atoms with van der Waals surface area (Å²) >= 11 is 0. The van der Waals surface area contributed by atoms with Gasteiger partial charge in [-0.2, -0.15) is 5.26 Å². The Bertz CT molecular complexity index is 1260. The van der Waals surface area contributed by atoms with Gasteiger partial charge >= 0.3 is 0 Å². The van der Waals surface area contributed by atoms with Crippen molar-refractivity contribution < 1.29 is 4.79 Å². The number of anilines is 1. The lowest BCUT2D eigenvalue weighted by atomic mass is 9.84. The third-order valence-corrected chi connectivity index (χ3v) is 6.13. The van der Waals surface area contributed by atoms with Gasteiger partial charge in [-0.1, -0.05) is 0 Å². The molecule has 0 unspecified atom stereocenters. The van der Waals surface area contributed by atoms with Gasteiger partial charge in [0.1, 0.15) is 17.0 Å². The fourth-order valence-corrected chi connectivity index (χ4v) is 4.68. The first-order chi connectivity index (χ1) is 15.2. The Kier molecular flexibility index (Phi) is 5.08. The lowest BCUT2D eigenvalue weighted by Gasteiger charge is -2.30. The minimum absolute atomic E-state index is 0.124. The molecule has 0 spiro atoms. The zero-order chi connectivity index (χ0) is 21.2. The molecule has 0 bridgehead atoms. The molecule has 0 aliphatic heterocycles. The second kappa shape index (κ2) is 8.19. The van der Waals surface area contributed by atoms with Gasteiger partial charge in [0.15, 0.2) is 0 Å². The van der Waals surface area contributed by atoms with Crippen LogP contribution in [0.3, 0.4) is 0 Å². The molecule has 2 N–H and O–H groups in total. The fraction of sp³-hybridized carbons (Fsp3) is 0.348.